The van der Waals surface area contributed by atoms with Crippen molar-refractivity contribution in [2.75, 3.05) is 0 Å². The number of aliphatic hydroxyl groups excluding tert-OH is 1. The second-order valence-electron chi connectivity index (χ2n) is 3.31. The lowest BCUT2D eigenvalue weighted by Crippen LogP contribution is -1.86. The standard InChI is InChI=1S/C11H10ClNO2/c1-7-2-4-8(5-3-7)10-9(6-14)11(12)15-13-10/h2-5,14H,6H2,1H3. The van der Waals surface area contributed by atoms with Crippen molar-refractivity contribution < 1.29 is 9.63 Å². The molecule has 1 aromatic carbocycles. The van der Waals surface area contributed by atoms with Gasteiger partial charge in [0.25, 0.3) is 0 Å². The van der Waals surface area contributed by atoms with Crippen molar-refractivity contribution in [1.29, 1.82) is 0 Å². The molecule has 15 heavy (non-hydrogen) atoms. The summed E-state index contributed by atoms with van der Waals surface area (Å²) in [5.41, 5.74) is 3.18. The first-order valence-electron chi connectivity index (χ1n) is 4.54. The number of hydrogen-bond acceptors (Lipinski definition) is 3. The molecule has 1 aromatic heterocycles. The molecule has 3 nitrogen and oxygen atoms in total. The van der Waals surface area contributed by atoms with Crippen LogP contribution in [0.1, 0.15) is 11.1 Å². The summed E-state index contributed by atoms with van der Waals surface area (Å²) in [6.45, 7) is 1.83. The van der Waals surface area contributed by atoms with Crippen LogP contribution in [0.25, 0.3) is 11.3 Å². The highest BCUT2D eigenvalue weighted by Crippen LogP contribution is 2.28. The average molecular weight is 224 g/mol. The van der Waals surface area contributed by atoms with Crippen LogP contribution in [0.15, 0.2) is 28.8 Å². The molecule has 0 saturated carbocycles. The SMILES string of the molecule is Cc1ccc(-c2noc(Cl)c2CO)cc1. The van der Waals surface area contributed by atoms with E-state index in [1.165, 1.54) is 5.56 Å². The zero-order valence-electron chi connectivity index (χ0n) is 8.20. The van der Waals surface area contributed by atoms with E-state index in [1.54, 1.807) is 0 Å². The van der Waals surface area contributed by atoms with E-state index < -0.39 is 0 Å². The molecule has 4 heteroatoms. The van der Waals surface area contributed by atoms with E-state index >= 15 is 0 Å². The molecule has 0 radical (unpaired) electrons. The van der Waals surface area contributed by atoms with Crippen LogP contribution in [0, 0.1) is 6.92 Å². The Bertz CT molecular complexity index is 462. The Balaban J connectivity index is 2.49. The van der Waals surface area contributed by atoms with Gasteiger partial charge in [0.15, 0.2) is 0 Å². The number of rotatable bonds is 2. The Morgan fingerprint density at radius 2 is 2.00 bits per heavy atom. The lowest BCUT2D eigenvalue weighted by molar-refractivity contribution is 0.281. The predicted octanol–water partition coefficient (Wildman–Crippen LogP) is 2.80. The fourth-order valence-electron chi connectivity index (χ4n) is 1.36. The fraction of sp³-hybridized carbons (Fsp3) is 0.182. The highest BCUT2D eigenvalue weighted by Gasteiger charge is 2.14. The van der Waals surface area contributed by atoms with Crippen molar-refractivity contribution >= 4 is 11.6 Å². The predicted molar refractivity (Wildman–Crippen MR) is 57.6 cm³/mol. The summed E-state index contributed by atoms with van der Waals surface area (Å²) in [7, 11) is 0. The first kappa shape index (κ1) is 10.2. The highest BCUT2D eigenvalue weighted by atomic mass is 35.5. The summed E-state index contributed by atoms with van der Waals surface area (Å²) in [4.78, 5) is 0. The molecule has 0 fully saturated rings. The topological polar surface area (TPSA) is 46.3 Å². The molecule has 0 bridgehead atoms. The molecule has 1 N–H and O–H groups in total. The minimum atomic E-state index is -0.175. The maximum atomic E-state index is 9.12. The highest BCUT2D eigenvalue weighted by molar-refractivity contribution is 6.29. The summed E-state index contributed by atoms with van der Waals surface area (Å²) in [6.07, 6.45) is 0. The summed E-state index contributed by atoms with van der Waals surface area (Å²) in [5, 5.41) is 13.1. The second kappa shape index (κ2) is 4.04. The van der Waals surface area contributed by atoms with Gasteiger partial charge >= 0.3 is 0 Å². The van der Waals surface area contributed by atoms with Gasteiger partial charge in [0.05, 0.1) is 12.2 Å². The van der Waals surface area contributed by atoms with E-state index in [1.807, 2.05) is 31.2 Å². The molecule has 0 atom stereocenters. The van der Waals surface area contributed by atoms with E-state index in [2.05, 4.69) is 5.16 Å². The smallest absolute Gasteiger partial charge is 0.232 e. The van der Waals surface area contributed by atoms with Crippen LogP contribution in [0.5, 0.6) is 0 Å². The van der Waals surface area contributed by atoms with Gasteiger partial charge in [0.2, 0.25) is 5.22 Å². The van der Waals surface area contributed by atoms with E-state index in [0.717, 1.165) is 5.56 Å². The minimum absolute atomic E-state index is 0.146. The Morgan fingerprint density at radius 1 is 1.33 bits per heavy atom. The lowest BCUT2D eigenvalue weighted by atomic mass is 10.1. The quantitative estimate of drug-likeness (QED) is 0.852. The van der Waals surface area contributed by atoms with Gasteiger partial charge < -0.3 is 9.63 Å². The number of halogens is 1. The van der Waals surface area contributed by atoms with Crippen molar-refractivity contribution in [2.45, 2.75) is 13.5 Å². The van der Waals surface area contributed by atoms with Crippen molar-refractivity contribution in [3.63, 3.8) is 0 Å². The summed E-state index contributed by atoms with van der Waals surface area (Å²) in [6, 6.07) is 7.78. The third-order valence-electron chi connectivity index (χ3n) is 2.22. The van der Waals surface area contributed by atoms with Crippen LogP contribution >= 0.6 is 11.6 Å². The maximum absolute atomic E-state index is 9.12. The number of benzene rings is 1. The second-order valence-corrected chi connectivity index (χ2v) is 3.65. The molecule has 0 aliphatic rings. The van der Waals surface area contributed by atoms with Gasteiger partial charge in [-0.25, -0.2) is 0 Å². The monoisotopic (exact) mass is 223 g/mol. The average Bonchev–Trinajstić information content (AvgIpc) is 2.61. The zero-order valence-corrected chi connectivity index (χ0v) is 8.95. The molecule has 0 saturated heterocycles. The maximum Gasteiger partial charge on any atom is 0.232 e. The molecule has 78 valence electrons. The van der Waals surface area contributed by atoms with Crippen molar-refractivity contribution in [2.24, 2.45) is 0 Å². The molecule has 2 aromatic rings. The Morgan fingerprint density at radius 3 is 2.60 bits per heavy atom. The van der Waals surface area contributed by atoms with Crippen LogP contribution in [-0.2, 0) is 6.61 Å². The molecule has 1 heterocycles. The van der Waals surface area contributed by atoms with Crippen molar-refractivity contribution in [3.8, 4) is 11.3 Å². The van der Waals surface area contributed by atoms with Gasteiger partial charge in [-0.2, -0.15) is 0 Å². The summed E-state index contributed by atoms with van der Waals surface area (Å²) < 4.78 is 4.83. The van der Waals surface area contributed by atoms with E-state index in [-0.39, 0.29) is 11.8 Å². The molecular formula is C11H10ClNO2. The summed E-state index contributed by atoms with van der Waals surface area (Å²) in [5.74, 6) is 0. The molecular weight excluding hydrogens is 214 g/mol. The van der Waals surface area contributed by atoms with Gasteiger partial charge in [-0.05, 0) is 18.5 Å². The van der Waals surface area contributed by atoms with Gasteiger partial charge in [-0.1, -0.05) is 35.0 Å². The molecule has 0 aliphatic carbocycles. The van der Waals surface area contributed by atoms with Crippen molar-refractivity contribution in [1.82, 2.24) is 5.16 Å². The lowest BCUT2D eigenvalue weighted by Gasteiger charge is -1.99. The number of hydrogen-bond donors (Lipinski definition) is 1. The number of nitrogens with zero attached hydrogens (tertiary/aromatic N) is 1. The zero-order chi connectivity index (χ0) is 10.8. The first-order chi connectivity index (χ1) is 7.22. The van der Waals surface area contributed by atoms with Gasteiger partial charge in [-0.3, -0.25) is 0 Å². The molecule has 0 spiro atoms. The molecule has 0 amide bonds. The Hall–Kier alpha value is -1.32. The Kier molecular flexibility index (Phi) is 2.75. The van der Waals surface area contributed by atoms with Crippen LogP contribution in [0.3, 0.4) is 0 Å². The minimum Gasteiger partial charge on any atom is -0.391 e. The van der Waals surface area contributed by atoms with Crippen molar-refractivity contribution in [3.05, 3.63) is 40.6 Å². The number of aryl methyl sites for hydroxylation is 1. The van der Waals surface area contributed by atoms with Crippen LogP contribution in [-0.4, -0.2) is 10.3 Å². The van der Waals surface area contributed by atoms with Crippen LogP contribution < -0.4 is 0 Å². The fourth-order valence-corrected chi connectivity index (χ4v) is 1.55. The molecule has 2 rings (SSSR count). The van der Waals surface area contributed by atoms with Gasteiger partial charge in [0.1, 0.15) is 5.69 Å². The number of aliphatic hydroxyl groups is 1. The largest absolute Gasteiger partial charge is 0.391 e. The number of aromatic nitrogens is 1. The Labute approximate surface area is 92.3 Å². The summed E-state index contributed by atoms with van der Waals surface area (Å²) >= 11 is 5.74. The third kappa shape index (κ3) is 1.89. The van der Waals surface area contributed by atoms with Crippen LogP contribution in [0.2, 0.25) is 5.22 Å². The van der Waals surface area contributed by atoms with Crippen LogP contribution in [0.4, 0.5) is 0 Å². The van der Waals surface area contributed by atoms with E-state index in [9.17, 15) is 0 Å². The normalized spacial score (nSPS) is 10.6. The van der Waals surface area contributed by atoms with Gasteiger partial charge in [0, 0.05) is 5.56 Å². The third-order valence-corrected chi connectivity index (χ3v) is 2.52. The van der Waals surface area contributed by atoms with Gasteiger partial charge in [-0.15, -0.1) is 0 Å². The molecule has 0 aliphatic heterocycles. The van der Waals surface area contributed by atoms with E-state index in [0.29, 0.717) is 11.3 Å². The van der Waals surface area contributed by atoms with E-state index in [4.69, 9.17) is 21.2 Å². The molecule has 0 unspecified atom stereocenters. The first-order valence-corrected chi connectivity index (χ1v) is 4.92.